The number of alkyl carbamates (subject to hydrolysis) is 1. The topological polar surface area (TPSA) is 148 Å². The molecule has 3 N–H and O–H groups in total. The van der Waals surface area contributed by atoms with Crippen molar-refractivity contribution in [3.05, 3.63) is 38.9 Å². The summed E-state index contributed by atoms with van der Waals surface area (Å²) in [5.41, 5.74) is -1.23. The van der Waals surface area contributed by atoms with Crippen molar-refractivity contribution in [2.75, 3.05) is 13.7 Å². The maximum atomic E-state index is 11.8. The molecule has 27 heavy (non-hydrogen) atoms. The number of aliphatic hydroxyl groups excluding tert-OH is 2. The SMILES string of the molecule is COC(=O)c1cc(C(O)C(O)CNC(=O)OC(C)(C)C)cc([N+](=O)[O-])c1C. The molecule has 0 aliphatic rings. The van der Waals surface area contributed by atoms with E-state index < -0.39 is 40.5 Å². The largest absolute Gasteiger partial charge is 0.465 e. The van der Waals surface area contributed by atoms with Crippen LogP contribution in [-0.2, 0) is 9.47 Å². The first-order valence-corrected chi connectivity index (χ1v) is 8.07. The van der Waals surface area contributed by atoms with Crippen molar-refractivity contribution in [3.8, 4) is 0 Å². The number of rotatable bonds is 6. The summed E-state index contributed by atoms with van der Waals surface area (Å²) in [6, 6.07) is 2.26. The molecule has 1 amide bonds. The number of aliphatic hydroxyl groups is 2. The van der Waals surface area contributed by atoms with Gasteiger partial charge in [-0.15, -0.1) is 0 Å². The number of nitrogens with one attached hydrogen (secondary N) is 1. The van der Waals surface area contributed by atoms with Crippen LogP contribution in [0.4, 0.5) is 10.5 Å². The smallest absolute Gasteiger partial charge is 0.407 e. The molecule has 10 heteroatoms. The summed E-state index contributed by atoms with van der Waals surface area (Å²) in [5.74, 6) is -0.814. The number of nitrogens with zero attached hydrogens (tertiary/aromatic N) is 1. The lowest BCUT2D eigenvalue weighted by Crippen LogP contribution is -2.38. The maximum Gasteiger partial charge on any atom is 0.407 e. The number of benzene rings is 1. The first-order valence-electron chi connectivity index (χ1n) is 8.07. The average molecular weight is 384 g/mol. The van der Waals surface area contributed by atoms with Gasteiger partial charge in [0.15, 0.2) is 0 Å². The molecule has 0 aliphatic heterocycles. The molecule has 2 unspecified atom stereocenters. The van der Waals surface area contributed by atoms with Crippen LogP contribution in [0.5, 0.6) is 0 Å². The second-order valence-electron chi connectivity index (χ2n) is 6.86. The summed E-state index contributed by atoms with van der Waals surface area (Å²) in [6.45, 7) is 6.00. The number of hydrogen-bond acceptors (Lipinski definition) is 8. The number of amides is 1. The number of hydrogen-bond donors (Lipinski definition) is 3. The summed E-state index contributed by atoms with van der Waals surface area (Å²) < 4.78 is 9.60. The van der Waals surface area contributed by atoms with Gasteiger partial charge in [0.05, 0.1) is 17.6 Å². The summed E-state index contributed by atoms with van der Waals surface area (Å²) in [4.78, 5) is 34.0. The molecule has 0 aromatic heterocycles. The fourth-order valence-corrected chi connectivity index (χ4v) is 2.24. The van der Waals surface area contributed by atoms with Crippen molar-refractivity contribution < 1.29 is 34.2 Å². The van der Waals surface area contributed by atoms with Gasteiger partial charge in [-0.25, -0.2) is 9.59 Å². The molecule has 10 nitrogen and oxygen atoms in total. The van der Waals surface area contributed by atoms with Crippen LogP contribution in [0.1, 0.15) is 48.4 Å². The summed E-state index contributed by atoms with van der Waals surface area (Å²) >= 11 is 0. The van der Waals surface area contributed by atoms with Crippen molar-refractivity contribution in [2.45, 2.75) is 45.5 Å². The Morgan fingerprint density at radius 3 is 2.37 bits per heavy atom. The fourth-order valence-electron chi connectivity index (χ4n) is 2.24. The van der Waals surface area contributed by atoms with Crippen LogP contribution in [0.3, 0.4) is 0 Å². The average Bonchev–Trinajstić information content (AvgIpc) is 2.56. The Morgan fingerprint density at radius 1 is 1.30 bits per heavy atom. The van der Waals surface area contributed by atoms with Gasteiger partial charge in [0.25, 0.3) is 5.69 Å². The summed E-state index contributed by atoms with van der Waals surface area (Å²) in [7, 11) is 1.12. The fraction of sp³-hybridized carbons (Fsp3) is 0.529. The van der Waals surface area contributed by atoms with Gasteiger partial charge in [0.1, 0.15) is 17.8 Å². The van der Waals surface area contributed by atoms with Crippen molar-refractivity contribution in [1.29, 1.82) is 0 Å². The normalized spacial score (nSPS) is 13.4. The zero-order chi connectivity index (χ0) is 20.9. The van der Waals surface area contributed by atoms with Gasteiger partial charge < -0.3 is 25.0 Å². The Hall–Kier alpha value is -2.72. The molecule has 0 fully saturated rings. The van der Waals surface area contributed by atoms with Crippen LogP contribution in [-0.4, -0.2) is 52.6 Å². The first kappa shape index (κ1) is 22.3. The van der Waals surface area contributed by atoms with Gasteiger partial charge in [0, 0.05) is 18.2 Å². The Balaban J connectivity index is 3.03. The van der Waals surface area contributed by atoms with E-state index in [1.54, 1.807) is 20.8 Å². The molecule has 2 atom stereocenters. The third-order valence-corrected chi connectivity index (χ3v) is 3.57. The number of methoxy groups -OCH3 is 1. The highest BCUT2D eigenvalue weighted by molar-refractivity contribution is 5.92. The van der Waals surface area contributed by atoms with Crippen LogP contribution in [0.15, 0.2) is 12.1 Å². The number of ether oxygens (including phenoxy) is 2. The second-order valence-corrected chi connectivity index (χ2v) is 6.86. The standard InChI is InChI=1S/C17H24N2O8/c1-9-11(15(22)26-5)6-10(7-12(9)19(24)25)14(21)13(20)8-18-16(23)27-17(2,3)4/h6-7,13-14,20-21H,8H2,1-5H3,(H,18,23). The Bertz CT molecular complexity index is 726. The lowest BCUT2D eigenvalue weighted by molar-refractivity contribution is -0.385. The molecule has 150 valence electrons. The highest BCUT2D eigenvalue weighted by atomic mass is 16.6. The summed E-state index contributed by atoms with van der Waals surface area (Å²) in [6.07, 6.45) is -3.88. The Kier molecular flexibility index (Phi) is 7.26. The molecule has 0 aliphatic carbocycles. The van der Waals surface area contributed by atoms with E-state index in [1.165, 1.54) is 13.0 Å². The van der Waals surface area contributed by atoms with Gasteiger partial charge in [-0.1, -0.05) is 0 Å². The molecular formula is C17H24N2O8. The minimum atomic E-state index is -1.59. The predicted molar refractivity (Wildman–Crippen MR) is 94.4 cm³/mol. The van der Waals surface area contributed by atoms with Crippen molar-refractivity contribution in [1.82, 2.24) is 5.32 Å². The van der Waals surface area contributed by atoms with Crippen molar-refractivity contribution in [2.24, 2.45) is 0 Å². The monoisotopic (exact) mass is 384 g/mol. The number of carbonyl (C=O) groups is 2. The van der Waals surface area contributed by atoms with E-state index in [0.717, 1.165) is 13.2 Å². The zero-order valence-electron chi connectivity index (χ0n) is 15.8. The predicted octanol–water partition coefficient (Wildman–Crippen LogP) is 1.61. The highest BCUT2D eigenvalue weighted by Gasteiger charge is 2.27. The molecule has 0 radical (unpaired) electrons. The van der Waals surface area contributed by atoms with Gasteiger partial charge in [0.2, 0.25) is 0 Å². The lowest BCUT2D eigenvalue weighted by Gasteiger charge is -2.22. The van der Waals surface area contributed by atoms with E-state index in [4.69, 9.17) is 4.74 Å². The number of nitro groups is 1. The quantitative estimate of drug-likeness (QED) is 0.380. The van der Waals surface area contributed by atoms with E-state index in [-0.39, 0.29) is 23.2 Å². The highest BCUT2D eigenvalue weighted by Crippen LogP contribution is 2.29. The summed E-state index contributed by atoms with van der Waals surface area (Å²) in [5, 5.41) is 33.9. The van der Waals surface area contributed by atoms with E-state index in [2.05, 4.69) is 10.1 Å². The Morgan fingerprint density at radius 2 is 1.89 bits per heavy atom. The molecule has 0 saturated carbocycles. The van der Waals surface area contributed by atoms with Crippen LogP contribution in [0, 0.1) is 17.0 Å². The minimum absolute atomic E-state index is 0.0637. The van der Waals surface area contributed by atoms with Gasteiger partial charge in [-0.2, -0.15) is 0 Å². The maximum absolute atomic E-state index is 11.8. The molecule has 0 heterocycles. The van der Waals surface area contributed by atoms with E-state index in [1.807, 2.05) is 0 Å². The van der Waals surface area contributed by atoms with Crippen LogP contribution in [0.25, 0.3) is 0 Å². The molecule has 0 spiro atoms. The molecule has 1 aromatic rings. The molecule has 1 aromatic carbocycles. The van der Waals surface area contributed by atoms with Crippen LogP contribution in [0.2, 0.25) is 0 Å². The van der Waals surface area contributed by atoms with Crippen LogP contribution >= 0.6 is 0 Å². The van der Waals surface area contributed by atoms with Crippen LogP contribution < -0.4 is 5.32 Å². The third-order valence-electron chi connectivity index (χ3n) is 3.57. The van der Waals surface area contributed by atoms with Crippen molar-refractivity contribution in [3.63, 3.8) is 0 Å². The van der Waals surface area contributed by atoms with E-state index in [0.29, 0.717) is 0 Å². The third kappa shape index (κ3) is 6.19. The number of nitro benzene ring substituents is 1. The molecular weight excluding hydrogens is 360 g/mol. The molecule has 0 bridgehead atoms. The van der Waals surface area contributed by atoms with Crippen molar-refractivity contribution >= 4 is 17.7 Å². The first-order chi connectivity index (χ1) is 12.4. The van der Waals surface area contributed by atoms with E-state index >= 15 is 0 Å². The number of carbonyl (C=O) groups excluding carboxylic acids is 2. The van der Waals surface area contributed by atoms with E-state index in [9.17, 15) is 29.9 Å². The second kappa shape index (κ2) is 8.78. The van der Waals surface area contributed by atoms with Gasteiger partial charge in [-0.3, -0.25) is 10.1 Å². The molecule has 1 rings (SSSR count). The van der Waals surface area contributed by atoms with Gasteiger partial charge in [-0.05, 0) is 39.3 Å². The number of esters is 1. The Labute approximate surface area is 156 Å². The zero-order valence-corrected chi connectivity index (χ0v) is 15.8. The lowest BCUT2D eigenvalue weighted by atomic mass is 9.97. The minimum Gasteiger partial charge on any atom is -0.465 e. The molecule has 0 saturated heterocycles. The van der Waals surface area contributed by atoms with Gasteiger partial charge >= 0.3 is 12.1 Å².